The topological polar surface area (TPSA) is 101 Å². The van der Waals surface area contributed by atoms with E-state index in [1.54, 1.807) is 13.8 Å². The van der Waals surface area contributed by atoms with Gasteiger partial charge in [-0.1, -0.05) is 13.8 Å². The Morgan fingerprint density at radius 3 is 1.88 bits per heavy atom. The van der Waals surface area contributed by atoms with Crippen LogP contribution in [0.3, 0.4) is 0 Å². The van der Waals surface area contributed by atoms with Crippen molar-refractivity contribution in [1.29, 1.82) is 0 Å². The first-order valence-corrected chi connectivity index (χ1v) is 16.0. The number of sulfone groups is 1. The molecule has 234 valence electrons. The van der Waals surface area contributed by atoms with Crippen LogP contribution in [-0.4, -0.2) is 71.0 Å². The highest BCUT2D eigenvalue weighted by atomic mass is 32.2. The van der Waals surface area contributed by atoms with Gasteiger partial charge in [-0.05, 0) is 55.3 Å². The van der Waals surface area contributed by atoms with Crippen molar-refractivity contribution in [3.8, 4) is 5.75 Å². The predicted octanol–water partition coefficient (Wildman–Crippen LogP) is 4.85. The molecule has 0 bridgehead atoms. The van der Waals surface area contributed by atoms with E-state index in [1.165, 1.54) is 33.5 Å². The average molecular weight is 645 g/mol. The van der Waals surface area contributed by atoms with Crippen LogP contribution in [0.2, 0.25) is 0 Å². The highest BCUT2D eigenvalue weighted by Gasteiger charge is 2.39. The van der Waals surface area contributed by atoms with E-state index in [-0.39, 0.29) is 61.3 Å². The summed E-state index contributed by atoms with van der Waals surface area (Å²) in [6.07, 6.45) is -8.59. The molecule has 2 aromatic rings. The fraction of sp³-hybridized carbons (Fsp3) is 0.500. The largest absolute Gasteiger partial charge is 0.493 e. The first-order valence-electron chi connectivity index (χ1n) is 12.6. The van der Waals surface area contributed by atoms with Crippen molar-refractivity contribution in [2.75, 3.05) is 39.0 Å². The minimum absolute atomic E-state index is 0.0170. The molecule has 0 radical (unpaired) electrons. The second kappa shape index (κ2) is 12.0. The van der Waals surface area contributed by atoms with E-state index in [4.69, 9.17) is 4.74 Å². The van der Waals surface area contributed by atoms with E-state index < -0.39 is 54.5 Å². The molecule has 0 aliphatic carbocycles. The number of hydrogen-bond donors (Lipinski definition) is 0. The van der Waals surface area contributed by atoms with Gasteiger partial charge in [0, 0.05) is 37.8 Å². The molecule has 0 unspecified atom stereocenters. The molecule has 2 aromatic carbocycles. The second-order valence-corrected chi connectivity index (χ2v) is 14.4. The zero-order chi connectivity index (χ0) is 31.7. The van der Waals surface area contributed by atoms with Crippen molar-refractivity contribution in [3.63, 3.8) is 0 Å². The maximum absolute atomic E-state index is 13.3. The van der Waals surface area contributed by atoms with E-state index >= 15 is 0 Å². The zero-order valence-corrected chi connectivity index (χ0v) is 24.6. The fourth-order valence-electron chi connectivity index (χ4n) is 4.42. The number of sulfonamides is 1. The lowest BCUT2D eigenvalue weighted by molar-refractivity contribution is -0.142. The molecule has 0 aromatic heterocycles. The molecular formula is C26H30F6N2O6S2. The van der Waals surface area contributed by atoms with Crippen LogP contribution in [0, 0.1) is 5.41 Å². The molecule has 0 spiro atoms. The maximum Gasteiger partial charge on any atom is 0.419 e. The second-order valence-electron chi connectivity index (χ2n) is 10.5. The number of hydrogen-bond acceptors (Lipinski definition) is 6. The normalized spacial score (nSPS) is 16.0. The van der Waals surface area contributed by atoms with E-state index in [2.05, 4.69) is 0 Å². The van der Waals surface area contributed by atoms with Crippen molar-refractivity contribution in [1.82, 2.24) is 9.21 Å². The van der Waals surface area contributed by atoms with Crippen LogP contribution in [0.5, 0.6) is 5.75 Å². The summed E-state index contributed by atoms with van der Waals surface area (Å²) >= 11 is 0. The molecule has 1 amide bonds. The van der Waals surface area contributed by atoms with Crippen LogP contribution in [-0.2, 0) is 37.0 Å². The van der Waals surface area contributed by atoms with Gasteiger partial charge in [0.05, 0.1) is 27.5 Å². The number of piperazine rings is 1. The van der Waals surface area contributed by atoms with E-state index in [9.17, 15) is 48.0 Å². The number of amides is 1. The van der Waals surface area contributed by atoms with E-state index in [0.717, 1.165) is 6.26 Å². The van der Waals surface area contributed by atoms with Crippen LogP contribution >= 0.6 is 0 Å². The Balaban J connectivity index is 1.58. The van der Waals surface area contributed by atoms with Gasteiger partial charge >= 0.3 is 12.4 Å². The SMILES string of the molecule is CC(C)(CCCOc1cc(C(F)(F)F)ccc1C(F)(F)F)C(=O)N1CCN(S(=O)(=O)c2ccc(S(C)(=O)=O)cc2)CC1. The number of rotatable bonds is 9. The Bertz CT molecular complexity index is 1500. The summed E-state index contributed by atoms with van der Waals surface area (Å²) in [5.41, 5.74) is -3.65. The number of nitrogens with zero attached hydrogens (tertiary/aromatic N) is 2. The minimum Gasteiger partial charge on any atom is -0.493 e. The molecule has 1 aliphatic rings. The van der Waals surface area contributed by atoms with Crippen LogP contribution in [0.4, 0.5) is 26.3 Å². The monoisotopic (exact) mass is 644 g/mol. The fourth-order valence-corrected chi connectivity index (χ4v) is 6.48. The van der Waals surface area contributed by atoms with Gasteiger partial charge in [0.1, 0.15) is 5.75 Å². The molecule has 8 nitrogen and oxygen atoms in total. The molecule has 16 heteroatoms. The summed E-state index contributed by atoms with van der Waals surface area (Å²) in [6, 6.07) is 5.74. The maximum atomic E-state index is 13.3. The summed E-state index contributed by atoms with van der Waals surface area (Å²) < 4.78 is 134. The Hall–Kier alpha value is -2.85. The standard InChI is InChI=1S/C26H30F6N2O6S2/c1-24(2,11-4-16-40-22-17-18(25(27,28)29)5-10-21(22)26(30,31)32)23(35)33-12-14-34(15-13-33)42(38,39)20-8-6-19(7-9-20)41(3,36)37/h5-10,17H,4,11-16H2,1-3H3. The van der Waals surface area contributed by atoms with Crippen LogP contribution < -0.4 is 4.74 Å². The Morgan fingerprint density at radius 1 is 0.833 bits per heavy atom. The summed E-state index contributed by atoms with van der Waals surface area (Å²) in [5, 5.41) is 0. The number of ether oxygens (including phenoxy) is 1. The lowest BCUT2D eigenvalue weighted by Gasteiger charge is -2.38. The number of halogens is 6. The van der Waals surface area contributed by atoms with Gasteiger partial charge in [-0.25, -0.2) is 16.8 Å². The van der Waals surface area contributed by atoms with Gasteiger partial charge in [-0.15, -0.1) is 0 Å². The van der Waals surface area contributed by atoms with Gasteiger partial charge in [-0.3, -0.25) is 4.79 Å². The quantitative estimate of drug-likeness (QED) is 0.286. The van der Waals surface area contributed by atoms with Gasteiger partial charge in [0.2, 0.25) is 15.9 Å². The molecule has 3 rings (SSSR count). The molecular weight excluding hydrogens is 614 g/mol. The van der Waals surface area contributed by atoms with Crippen LogP contribution in [0.1, 0.15) is 37.8 Å². The summed E-state index contributed by atoms with van der Waals surface area (Å²) in [6.45, 7) is 2.94. The average Bonchev–Trinajstić information content (AvgIpc) is 2.89. The molecule has 0 saturated carbocycles. The smallest absolute Gasteiger partial charge is 0.419 e. The van der Waals surface area contributed by atoms with Gasteiger partial charge in [0.25, 0.3) is 0 Å². The van der Waals surface area contributed by atoms with Crippen molar-refractivity contribution >= 4 is 25.8 Å². The summed E-state index contributed by atoms with van der Waals surface area (Å²) in [7, 11) is -7.45. The molecule has 0 atom stereocenters. The Kier molecular flexibility index (Phi) is 9.64. The molecule has 1 aliphatic heterocycles. The van der Waals surface area contributed by atoms with Gasteiger partial charge in [0.15, 0.2) is 9.84 Å². The number of benzene rings is 2. The van der Waals surface area contributed by atoms with Crippen molar-refractivity contribution in [3.05, 3.63) is 53.6 Å². The minimum atomic E-state index is -4.93. The third-order valence-corrected chi connectivity index (χ3v) is 9.85. The lowest BCUT2D eigenvalue weighted by Crippen LogP contribution is -2.53. The molecule has 0 N–H and O–H groups in total. The van der Waals surface area contributed by atoms with Crippen molar-refractivity contribution < 1.29 is 52.7 Å². The molecule has 1 saturated heterocycles. The van der Waals surface area contributed by atoms with Gasteiger partial charge < -0.3 is 9.64 Å². The van der Waals surface area contributed by atoms with Gasteiger partial charge in [-0.2, -0.15) is 30.6 Å². The third-order valence-electron chi connectivity index (χ3n) is 6.81. The highest BCUT2D eigenvalue weighted by Crippen LogP contribution is 2.40. The van der Waals surface area contributed by atoms with Crippen molar-refractivity contribution in [2.45, 2.75) is 48.8 Å². The molecule has 42 heavy (non-hydrogen) atoms. The third kappa shape index (κ3) is 7.95. The lowest BCUT2D eigenvalue weighted by atomic mass is 9.86. The Morgan fingerprint density at radius 2 is 1.38 bits per heavy atom. The van der Waals surface area contributed by atoms with Crippen LogP contribution in [0.15, 0.2) is 52.3 Å². The first-order chi connectivity index (χ1) is 19.1. The molecule has 1 heterocycles. The highest BCUT2D eigenvalue weighted by molar-refractivity contribution is 7.90. The zero-order valence-electron chi connectivity index (χ0n) is 22.9. The number of carbonyl (C=O) groups excluding carboxylic acids is 1. The Labute approximate surface area is 240 Å². The van der Waals surface area contributed by atoms with Crippen LogP contribution in [0.25, 0.3) is 0 Å². The molecule has 1 fully saturated rings. The number of alkyl halides is 6. The van der Waals surface area contributed by atoms with Crippen molar-refractivity contribution in [2.24, 2.45) is 5.41 Å². The van der Waals surface area contributed by atoms with E-state index in [0.29, 0.717) is 18.2 Å². The first kappa shape index (κ1) is 33.6. The predicted molar refractivity (Wildman–Crippen MR) is 140 cm³/mol. The summed E-state index contributed by atoms with van der Waals surface area (Å²) in [5.74, 6) is -1.28. The van der Waals surface area contributed by atoms with E-state index in [1.807, 2.05) is 0 Å². The summed E-state index contributed by atoms with van der Waals surface area (Å²) in [4.78, 5) is 14.5. The number of carbonyl (C=O) groups is 1.